The van der Waals surface area contributed by atoms with E-state index < -0.39 is 6.43 Å². The van der Waals surface area contributed by atoms with Gasteiger partial charge in [0, 0.05) is 22.6 Å². The van der Waals surface area contributed by atoms with Gasteiger partial charge in [-0.25, -0.2) is 8.78 Å². The fourth-order valence-electron chi connectivity index (χ4n) is 2.01. The van der Waals surface area contributed by atoms with Crippen LogP contribution in [-0.2, 0) is 0 Å². The van der Waals surface area contributed by atoms with Gasteiger partial charge in [-0.1, -0.05) is 26.0 Å². The number of hydrogen-bond donors (Lipinski definition) is 2. The number of anilines is 3. The number of hydrogen-bond acceptors (Lipinski definition) is 2. The zero-order chi connectivity index (χ0) is 14.7. The zero-order valence-electron chi connectivity index (χ0n) is 11.5. The minimum absolute atomic E-state index is 0.0834. The maximum atomic E-state index is 13.0. The lowest BCUT2D eigenvalue weighted by Gasteiger charge is -2.14. The SMILES string of the molecule is CC(C)c1cccc(Nc2ccc(N)cc2C(F)F)c1. The van der Waals surface area contributed by atoms with Crippen LogP contribution in [0.1, 0.15) is 37.3 Å². The summed E-state index contributed by atoms with van der Waals surface area (Å²) in [5.74, 6) is 0.387. The Bertz CT molecular complexity index is 595. The zero-order valence-corrected chi connectivity index (χ0v) is 11.5. The molecule has 0 aliphatic heterocycles. The van der Waals surface area contributed by atoms with E-state index in [0.29, 0.717) is 17.3 Å². The molecule has 0 amide bonds. The van der Waals surface area contributed by atoms with Gasteiger partial charge < -0.3 is 11.1 Å². The molecule has 2 aromatic carbocycles. The average Bonchev–Trinajstić information content (AvgIpc) is 2.41. The third-order valence-corrected chi connectivity index (χ3v) is 3.14. The lowest BCUT2D eigenvalue weighted by molar-refractivity contribution is 0.152. The van der Waals surface area contributed by atoms with Gasteiger partial charge in [0.25, 0.3) is 6.43 Å². The number of nitrogens with two attached hydrogens (primary N) is 1. The van der Waals surface area contributed by atoms with Gasteiger partial charge in [0.1, 0.15) is 0 Å². The largest absolute Gasteiger partial charge is 0.399 e. The Balaban J connectivity index is 2.32. The van der Waals surface area contributed by atoms with E-state index in [0.717, 1.165) is 11.3 Å². The van der Waals surface area contributed by atoms with E-state index in [1.807, 2.05) is 24.3 Å². The summed E-state index contributed by atoms with van der Waals surface area (Å²) < 4.78 is 26.0. The van der Waals surface area contributed by atoms with Gasteiger partial charge in [-0.3, -0.25) is 0 Å². The maximum Gasteiger partial charge on any atom is 0.265 e. The van der Waals surface area contributed by atoms with Crippen molar-refractivity contribution in [3.63, 3.8) is 0 Å². The molecule has 20 heavy (non-hydrogen) atoms. The topological polar surface area (TPSA) is 38.0 Å². The van der Waals surface area contributed by atoms with E-state index in [-0.39, 0.29) is 5.56 Å². The normalized spacial score (nSPS) is 11.1. The molecule has 0 unspecified atom stereocenters. The lowest BCUT2D eigenvalue weighted by atomic mass is 10.0. The second-order valence-electron chi connectivity index (χ2n) is 5.05. The van der Waals surface area contributed by atoms with Crippen LogP contribution in [0.4, 0.5) is 25.8 Å². The monoisotopic (exact) mass is 276 g/mol. The fourth-order valence-corrected chi connectivity index (χ4v) is 2.01. The molecule has 0 saturated heterocycles. The standard InChI is InChI=1S/C16H18F2N2/c1-10(2)11-4-3-5-13(8-11)20-15-7-6-12(19)9-14(15)16(17)18/h3-10,16,20H,19H2,1-2H3. The highest BCUT2D eigenvalue weighted by atomic mass is 19.3. The van der Waals surface area contributed by atoms with Crippen LogP contribution >= 0.6 is 0 Å². The molecule has 0 aliphatic carbocycles. The van der Waals surface area contributed by atoms with Crippen molar-refractivity contribution >= 4 is 17.1 Å². The second kappa shape index (κ2) is 5.90. The summed E-state index contributed by atoms with van der Waals surface area (Å²) in [6.45, 7) is 4.18. The summed E-state index contributed by atoms with van der Waals surface area (Å²) in [6, 6.07) is 12.3. The molecule has 3 N–H and O–H groups in total. The van der Waals surface area contributed by atoms with Gasteiger partial charge in [-0.2, -0.15) is 0 Å². The van der Waals surface area contributed by atoms with Crippen LogP contribution in [0, 0.1) is 0 Å². The average molecular weight is 276 g/mol. The summed E-state index contributed by atoms with van der Waals surface area (Å²) in [6.07, 6.45) is -2.56. The third kappa shape index (κ3) is 3.26. The van der Waals surface area contributed by atoms with Crippen molar-refractivity contribution in [2.75, 3.05) is 11.1 Å². The van der Waals surface area contributed by atoms with Crippen molar-refractivity contribution in [1.29, 1.82) is 0 Å². The van der Waals surface area contributed by atoms with Gasteiger partial charge >= 0.3 is 0 Å². The van der Waals surface area contributed by atoms with E-state index >= 15 is 0 Å². The first-order chi connectivity index (χ1) is 9.47. The van der Waals surface area contributed by atoms with E-state index in [2.05, 4.69) is 19.2 Å². The molecule has 0 aliphatic rings. The van der Waals surface area contributed by atoms with Crippen LogP contribution in [-0.4, -0.2) is 0 Å². The van der Waals surface area contributed by atoms with E-state index in [1.54, 1.807) is 12.1 Å². The summed E-state index contributed by atoms with van der Waals surface area (Å²) in [5.41, 5.74) is 8.15. The molecule has 106 valence electrons. The van der Waals surface area contributed by atoms with E-state index in [4.69, 9.17) is 5.73 Å². The highest BCUT2D eigenvalue weighted by Gasteiger charge is 2.13. The molecule has 0 radical (unpaired) electrons. The number of halogens is 2. The summed E-state index contributed by atoms with van der Waals surface area (Å²) >= 11 is 0. The molecule has 2 rings (SSSR count). The molecule has 2 nitrogen and oxygen atoms in total. The smallest absolute Gasteiger partial charge is 0.265 e. The Morgan fingerprint density at radius 2 is 1.80 bits per heavy atom. The van der Waals surface area contributed by atoms with Crippen molar-refractivity contribution in [1.82, 2.24) is 0 Å². The van der Waals surface area contributed by atoms with Gasteiger partial charge in [0.05, 0.1) is 0 Å². The molecule has 0 fully saturated rings. The molecule has 0 bridgehead atoms. The van der Waals surface area contributed by atoms with Crippen molar-refractivity contribution in [3.05, 3.63) is 53.6 Å². The van der Waals surface area contributed by atoms with Crippen LogP contribution in [0.2, 0.25) is 0 Å². The minimum atomic E-state index is -2.56. The molecular weight excluding hydrogens is 258 g/mol. The maximum absolute atomic E-state index is 13.0. The van der Waals surface area contributed by atoms with E-state index in [1.165, 1.54) is 6.07 Å². The van der Waals surface area contributed by atoms with Crippen molar-refractivity contribution < 1.29 is 8.78 Å². The number of benzene rings is 2. The summed E-state index contributed by atoms with van der Waals surface area (Å²) in [4.78, 5) is 0. The molecule has 4 heteroatoms. The van der Waals surface area contributed by atoms with Gasteiger partial charge in [-0.05, 0) is 41.8 Å². The lowest BCUT2D eigenvalue weighted by Crippen LogP contribution is -1.99. The van der Waals surface area contributed by atoms with Gasteiger partial charge in [-0.15, -0.1) is 0 Å². The molecule has 0 atom stereocenters. The Hall–Kier alpha value is -2.10. The Labute approximate surface area is 117 Å². The third-order valence-electron chi connectivity index (χ3n) is 3.14. The first-order valence-electron chi connectivity index (χ1n) is 6.52. The van der Waals surface area contributed by atoms with Crippen LogP contribution in [0.3, 0.4) is 0 Å². The van der Waals surface area contributed by atoms with Crippen molar-refractivity contribution in [3.8, 4) is 0 Å². The first kappa shape index (κ1) is 14.3. The first-order valence-corrected chi connectivity index (χ1v) is 6.52. The van der Waals surface area contributed by atoms with Crippen molar-refractivity contribution in [2.24, 2.45) is 0 Å². The van der Waals surface area contributed by atoms with Crippen molar-refractivity contribution in [2.45, 2.75) is 26.2 Å². The number of nitrogens with one attached hydrogen (secondary N) is 1. The predicted octanol–water partition coefficient (Wildman–Crippen LogP) is 5.07. The second-order valence-corrected chi connectivity index (χ2v) is 5.05. The number of alkyl halides is 2. The summed E-state index contributed by atoms with van der Waals surface area (Å²) in [7, 11) is 0. The van der Waals surface area contributed by atoms with Gasteiger partial charge in [0.2, 0.25) is 0 Å². The Morgan fingerprint density at radius 1 is 1.05 bits per heavy atom. The summed E-state index contributed by atoms with van der Waals surface area (Å²) in [5, 5.41) is 3.04. The Kier molecular flexibility index (Phi) is 4.23. The minimum Gasteiger partial charge on any atom is -0.399 e. The quantitative estimate of drug-likeness (QED) is 0.765. The molecule has 0 saturated carbocycles. The van der Waals surface area contributed by atoms with Crippen LogP contribution in [0.15, 0.2) is 42.5 Å². The van der Waals surface area contributed by atoms with E-state index in [9.17, 15) is 8.78 Å². The molecule has 0 aromatic heterocycles. The van der Waals surface area contributed by atoms with Crippen LogP contribution < -0.4 is 11.1 Å². The van der Waals surface area contributed by atoms with Crippen LogP contribution in [0.25, 0.3) is 0 Å². The van der Waals surface area contributed by atoms with Crippen LogP contribution in [0.5, 0.6) is 0 Å². The van der Waals surface area contributed by atoms with Gasteiger partial charge in [0.15, 0.2) is 0 Å². The Morgan fingerprint density at radius 3 is 2.45 bits per heavy atom. The molecular formula is C16H18F2N2. The molecule has 2 aromatic rings. The highest BCUT2D eigenvalue weighted by Crippen LogP contribution is 2.31. The number of rotatable bonds is 4. The predicted molar refractivity (Wildman–Crippen MR) is 79.6 cm³/mol. The fraction of sp³-hybridized carbons (Fsp3) is 0.250. The molecule has 0 spiro atoms. The number of nitrogen functional groups attached to an aromatic ring is 1. The molecule has 0 heterocycles. The highest BCUT2D eigenvalue weighted by molar-refractivity contribution is 5.66.